The van der Waals surface area contributed by atoms with Crippen molar-refractivity contribution in [3.63, 3.8) is 0 Å². The molecule has 1 fully saturated rings. The van der Waals surface area contributed by atoms with E-state index in [0.717, 1.165) is 41.9 Å². The van der Waals surface area contributed by atoms with Gasteiger partial charge in [-0.05, 0) is 83.3 Å². The summed E-state index contributed by atoms with van der Waals surface area (Å²) in [4.78, 5) is 26.0. The molecule has 1 aliphatic heterocycles. The molecule has 0 saturated heterocycles. The third kappa shape index (κ3) is 5.53. The molecule has 0 radical (unpaired) electrons. The van der Waals surface area contributed by atoms with E-state index in [2.05, 4.69) is 54.6 Å². The van der Waals surface area contributed by atoms with Gasteiger partial charge in [0.15, 0.2) is 0 Å². The normalized spacial score (nSPS) is 22.7. The molecule has 0 unspecified atom stereocenters. The van der Waals surface area contributed by atoms with Crippen LogP contribution in [0.5, 0.6) is 11.5 Å². The molecule has 6 heteroatoms. The summed E-state index contributed by atoms with van der Waals surface area (Å²) >= 11 is 0. The van der Waals surface area contributed by atoms with Crippen molar-refractivity contribution in [1.82, 2.24) is 0 Å². The molecule has 36 heavy (non-hydrogen) atoms. The van der Waals surface area contributed by atoms with Crippen molar-refractivity contribution in [3.8, 4) is 11.5 Å². The predicted molar refractivity (Wildman–Crippen MR) is 148 cm³/mol. The van der Waals surface area contributed by atoms with E-state index in [4.69, 9.17) is 13.9 Å². The molecule has 0 aromatic heterocycles. The summed E-state index contributed by atoms with van der Waals surface area (Å²) in [7, 11) is -2.22. The van der Waals surface area contributed by atoms with Gasteiger partial charge in [0.2, 0.25) is 8.32 Å². The lowest BCUT2D eigenvalue weighted by molar-refractivity contribution is -0.154. The second kappa shape index (κ2) is 9.81. The minimum absolute atomic E-state index is 0.00347. The van der Waals surface area contributed by atoms with Gasteiger partial charge in [-0.2, -0.15) is 0 Å². The number of hydrogen-bond acceptors (Lipinski definition) is 5. The molecule has 0 N–H and O–H groups in total. The number of carbonyl (C=O) groups is 2. The van der Waals surface area contributed by atoms with Crippen molar-refractivity contribution in [1.29, 1.82) is 0 Å². The van der Waals surface area contributed by atoms with Gasteiger partial charge in [0.1, 0.15) is 22.9 Å². The molecule has 202 valence electrons. The lowest BCUT2D eigenvalue weighted by atomic mass is 9.66. The van der Waals surface area contributed by atoms with E-state index >= 15 is 0 Å². The number of ether oxygens (including phenoxy) is 2. The van der Waals surface area contributed by atoms with Gasteiger partial charge in [0.05, 0.1) is 11.5 Å². The first kappa shape index (κ1) is 28.7. The number of carbonyl (C=O) groups excluding carboxylic acids is 2. The monoisotopic (exact) mass is 516 g/mol. The summed E-state index contributed by atoms with van der Waals surface area (Å²) < 4.78 is 19.5. The zero-order valence-corrected chi connectivity index (χ0v) is 25.5. The van der Waals surface area contributed by atoms with E-state index in [-0.39, 0.29) is 28.9 Å². The quantitative estimate of drug-likeness (QED) is 0.274. The Morgan fingerprint density at radius 2 is 1.83 bits per heavy atom. The lowest BCUT2D eigenvalue weighted by Crippen LogP contribution is -2.48. The summed E-state index contributed by atoms with van der Waals surface area (Å²) in [5.74, 6) is 1.86. The molecule has 1 aromatic rings. The highest BCUT2D eigenvalue weighted by molar-refractivity contribution is 6.74. The van der Waals surface area contributed by atoms with E-state index in [0.29, 0.717) is 18.6 Å². The summed E-state index contributed by atoms with van der Waals surface area (Å²) in [6.07, 6.45) is 3.60. The fourth-order valence-corrected chi connectivity index (χ4v) is 6.36. The van der Waals surface area contributed by atoms with Gasteiger partial charge in [-0.3, -0.25) is 9.59 Å². The van der Waals surface area contributed by atoms with Crippen LogP contribution in [0.2, 0.25) is 18.1 Å². The number of benzene rings is 1. The van der Waals surface area contributed by atoms with Crippen LogP contribution < -0.4 is 9.16 Å². The Hall–Kier alpha value is -1.82. The highest BCUT2D eigenvalue weighted by Crippen LogP contribution is 2.55. The summed E-state index contributed by atoms with van der Waals surface area (Å²) in [5.41, 5.74) is 0.533. The average molecular weight is 517 g/mol. The molecule has 0 amide bonds. The number of ketones is 1. The van der Waals surface area contributed by atoms with Crippen molar-refractivity contribution < 1.29 is 23.5 Å². The van der Waals surface area contributed by atoms with Gasteiger partial charge in [0, 0.05) is 30.2 Å². The van der Waals surface area contributed by atoms with Crippen molar-refractivity contribution >= 4 is 20.1 Å². The van der Waals surface area contributed by atoms with Gasteiger partial charge in [0.25, 0.3) is 0 Å². The molecule has 5 nitrogen and oxygen atoms in total. The average Bonchev–Trinajstić information content (AvgIpc) is 2.71. The fraction of sp³-hybridized carbons (Fsp3) is 0.733. The second-order valence-electron chi connectivity index (χ2n) is 13.6. The van der Waals surface area contributed by atoms with E-state index in [1.54, 1.807) is 0 Å². The first-order valence-corrected chi connectivity index (χ1v) is 16.6. The van der Waals surface area contributed by atoms with E-state index in [1.807, 2.05) is 32.9 Å². The summed E-state index contributed by atoms with van der Waals surface area (Å²) in [6.45, 7) is 23.2. The molecule has 1 aliphatic carbocycles. The lowest BCUT2D eigenvalue weighted by Gasteiger charge is -2.48. The maximum absolute atomic E-state index is 13.3. The largest absolute Gasteiger partial charge is 0.543 e. The van der Waals surface area contributed by atoms with Gasteiger partial charge in [-0.15, -0.1) is 0 Å². The maximum atomic E-state index is 13.3. The molecular formula is C30H48O5Si. The molecule has 1 aromatic carbocycles. The molecule has 0 spiro atoms. The number of Topliss-reactive ketones (excluding diaryl/α,β-unsaturated/α-hetero) is 1. The molecular weight excluding hydrogens is 468 g/mol. The standard InChI is InChI=1S/C30H48O5Si/c1-12-13-19(2)33-27(32)29(6,7)20-16-24-26(25(17-20)35-36(10,11)28(3,4)5)22-18-21(31)14-15-23(22)30(8,9)34-24/h16-17,19,22-23H,12-15,18H2,1-11H3/t19-,22+,23+/m0/s1. The van der Waals surface area contributed by atoms with Crippen LogP contribution in [0, 0.1) is 5.92 Å². The van der Waals surface area contributed by atoms with Crippen LogP contribution in [-0.4, -0.2) is 31.8 Å². The van der Waals surface area contributed by atoms with E-state index < -0.39 is 19.3 Å². The molecule has 3 atom stereocenters. The Kier molecular flexibility index (Phi) is 7.83. The minimum Gasteiger partial charge on any atom is -0.543 e. The number of esters is 1. The van der Waals surface area contributed by atoms with Crippen LogP contribution in [0.1, 0.15) is 111 Å². The SMILES string of the molecule is CCC[C@H](C)OC(=O)C(C)(C)c1cc2c(c(O[Si](C)(C)C(C)(C)C)c1)[C@@H]1CC(=O)CC[C@H]1C(C)(C)O2. The van der Waals surface area contributed by atoms with E-state index in [9.17, 15) is 9.59 Å². The zero-order chi connectivity index (χ0) is 27.3. The summed E-state index contributed by atoms with van der Waals surface area (Å²) in [5, 5.41) is -0.00347. The number of hydrogen-bond donors (Lipinski definition) is 0. The van der Waals surface area contributed by atoms with Crippen LogP contribution in [0.3, 0.4) is 0 Å². The molecule has 1 heterocycles. The van der Waals surface area contributed by atoms with Crippen molar-refractivity contribution in [2.45, 2.75) is 136 Å². The first-order chi connectivity index (χ1) is 16.4. The predicted octanol–water partition coefficient (Wildman–Crippen LogP) is 7.70. The van der Waals surface area contributed by atoms with E-state index in [1.165, 1.54) is 0 Å². The van der Waals surface area contributed by atoms with Crippen LogP contribution in [0.25, 0.3) is 0 Å². The Labute approximate surface area is 219 Å². The van der Waals surface area contributed by atoms with Gasteiger partial charge in [-0.25, -0.2) is 0 Å². The van der Waals surface area contributed by atoms with Crippen molar-refractivity contribution in [2.24, 2.45) is 5.92 Å². The van der Waals surface area contributed by atoms with Crippen molar-refractivity contribution in [2.75, 3.05) is 0 Å². The Bertz CT molecular complexity index is 1000. The first-order valence-electron chi connectivity index (χ1n) is 13.7. The minimum atomic E-state index is -2.22. The third-order valence-corrected chi connectivity index (χ3v) is 13.2. The molecule has 1 saturated carbocycles. The third-order valence-electron chi connectivity index (χ3n) is 8.82. The van der Waals surface area contributed by atoms with Gasteiger partial charge < -0.3 is 13.9 Å². The molecule has 3 rings (SSSR count). The van der Waals surface area contributed by atoms with Crippen LogP contribution in [-0.2, 0) is 19.7 Å². The maximum Gasteiger partial charge on any atom is 0.316 e. The van der Waals surface area contributed by atoms with Gasteiger partial charge in [-0.1, -0.05) is 34.1 Å². The molecule has 2 aliphatic rings. The highest BCUT2D eigenvalue weighted by atomic mass is 28.4. The highest BCUT2D eigenvalue weighted by Gasteiger charge is 2.49. The van der Waals surface area contributed by atoms with Crippen molar-refractivity contribution in [3.05, 3.63) is 23.3 Å². The van der Waals surface area contributed by atoms with Crippen LogP contribution in [0.15, 0.2) is 12.1 Å². The summed E-state index contributed by atoms with van der Waals surface area (Å²) in [6, 6.07) is 4.03. The Balaban J connectivity index is 2.17. The zero-order valence-electron chi connectivity index (χ0n) is 24.5. The molecule has 0 bridgehead atoms. The smallest absolute Gasteiger partial charge is 0.316 e. The van der Waals surface area contributed by atoms with Crippen LogP contribution >= 0.6 is 0 Å². The number of rotatable bonds is 7. The Morgan fingerprint density at radius 3 is 2.42 bits per heavy atom. The Morgan fingerprint density at radius 1 is 1.19 bits per heavy atom. The fourth-order valence-electron chi connectivity index (χ4n) is 5.34. The van der Waals surface area contributed by atoms with Gasteiger partial charge >= 0.3 is 5.97 Å². The van der Waals surface area contributed by atoms with Crippen LogP contribution in [0.4, 0.5) is 0 Å². The number of fused-ring (bicyclic) bond motifs is 3. The second-order valence-corrected chi connectivity index (χ2v) is 18.3. The topological polar surface area (TPSA) is 61.8 Å².